The smallest absolute Gasteiger partial charge is 0.246 e. The van der Waals surface area contributed by atoms with Crippen LogP contribution in [0.1, 0.15) is 41.0 Å². The molecule has 4 aromatic rings. The molecule has 1 fully saturated rings. The Bertz CT molecular complexity index is 1690. The van der Waals surface area contributed by atoms with Crippen LogP contribution >= 0.6 is 0 Å². The lowest BCUT2D eigenvalue weighted by molar-refractivity contribution is 0.0747. The van der Waals surface area contributed by atoms with Crippen molar-refractivity contribution >= 4 is 21.9 Å². The molecule has 9 nitrogen and oxygen atoms in total. The van der Waals surface area contributed by atoms with Gasteiger partial charge in [0.05, 0.1) is 29.2 Å². The van der Waals surface area contributed by atoms with Crippen LogP contribution in [0.3, 0.4) is 0 Å². The molecule has 2 aliphatic carbocycles. The first-order valence-corrected chi connectivity index (χ1v) is 14.1. The number of sulfonamides is 1. The average molecular weight is 547 g/mol. The fraction of sp³-hybridized carbons (Fsp3) is 0.286. The van der Waals surface area contributed by atoms with E-state index in [4.69, 9.17) is 0 Å². The molecule has 6 rings (SSSR count). The number of aryl methyl sites for hydroxylation is 1. The van der Waals surface area contributed by atoms with Crippen molar-refractivity contribution in [2.45, 2.75) is 36.6 Å². The third-order valence-corrected chi connectivity index (χ3v) is 9.77. The Morgan fingerprint density at radius 1 is 1.13 bits per heavy atom. The number of halogens is 1. The number of pyridine rings is 1. The highest BCUT2D eigenvalue weighted by atomic mass is 32.2. The van der Waals surface area contributed by atoms with E-state index in [2.05, 4.69) is 15.2 Å². The van der Waals surface area contributed by atoms with Crippen LogP contribution < -0.4 is 0 Å². The van der Waals surface area contributed by atoms with Crippen LogP contribution in [0.4, 0.5) is 4.39 Å². The van der Waals surface area contributed by atoms with E-state index in [1.54, 1.807) is 61.5 Å². The molecule has 0 aliphatic heterocycles. The van der Waals surface area contributed by atoms with Crippen molar-refractivity contribution in [1.82, 2.24) is 28.9 Å². The Hall–Kier alpha value is -3.96. The zero-order valence-electron chi connectivity index (χ0n) is 21.5. The van der Waals surface area contributed by atoms with E-state index in [0.717, 1.165) is 16.8 Å². The molecule has 0 radical (unpaired) electrons. The van der Waals surface area contributed by atoms with Crippen molar-refractivity contribution in [3.8, 4) is 5.69 Å². The Labute approximate surface area is 225 Å². The zero-order chi connectivity index (χ0) is 27.4. The number of aromatic nitrogens is 5. The summed E-state index contributed by atoms with van der Waals surface area (Å²) in [5, 5.41) is 8.59. The minimum atomic E-state index is -3.81. The number of nitrogens with zero attached hydrogens (tertiary/aromatic N) is 6. The highest BCUT2D eigenvalue weighted by Gasteiger charge is 2.51. The Kier molecular flexibility index (Phi) is 6.07. The molecule has 0 amide bonds. The van der Waals surface area contributed by atoms with Gasteiger partial charge >= 0.3 is 0 Å². The molecule has 0 N–H and O–H groups in total. The summed E-state index contributed by atoms with van der Waals surface area (Å²) in [6, 6.07) is 10.9. The summed E-state index contributed by atoms with van der Waals surface area (Å²) in [5.41, 5.74) is 2.73. The van der Waals surface area contributed by atoms with E-state index in [1.807, 2.05) is 6.08 Å². The number of ketones is 1. The third kappa shape index (κ3) is 4.22. The number of hydrogen-bond donors (Lipinski definition) is 0. The first-order valence-electron chi connectivity index (χ1n) is 12.7. The zero-order valence-corrected chi connectivity index (χ0v) is 22.3. The first-order chi connectivity index (χ1) is 18.7. The van der Waals surface area contributed by atoms with Crippen molar-refractivity contribution in [2.24, 2.45) is 12.5 Å². The van der Waals surface area contributed by atoms with Gasteiger partial charge in [-0.1, -0.05) is 11.6 Å². The molecule has 11 heteroatoms. The van der Waals surface area contributed by atoms with Crippen molar-refractivity contribution in [2.75, 3.05) is 7.05 Å². The predicted octanol–water partition coefficient (Wildman–Crippen LogP) is 3.82. The van der Waals surface area contributed by atoms with E-state index >= 15 is 0 Å². The number of carbonyl (C=O) groups excluding carboxylic acids is 1. The largest absolute Gasteiger partial charge is 0.291 e. The van der Waals surface area contributed by atoms with Crippen molar-refractivity contribution in [1.29, 1.82) is 0 Å². The van der Waals surface area contributed by atoms with Crippen LogP contribution in [0.25, 0.3) is 11.8 Å². The maximum absolute atomic E-state index is 14.2. The number of allylic oxidation sites excluding steroid dienone is 1. The number of carbonyl (C=O) groups is 1. The molecular formula is C28H27FN6O3S. The fourth-order valence-corrected chi connectivity index (χ4v) is 7.19. The van der Waals surface area contributed by atoms with Gasteiger partial charge in [0.2, 0.25) is 10.0 Å². The molecular weight excluding hydrogens is 519 g/mol. The maximum atomic E-state index is 14.2. The summed E-state index contributed by atoms with van der Waals surface area (Å²) in [5.74, 6) is -0.465. The number of hydrogen-bond acceptors (Lipinski definition) is 6. The molecule has 2 atom stereocenters. The fourth-order valence-electron chi connectivity index (χ4n) is 5.82. The van der Waals surface area contributed by atoms with Gasteiger partial charge in [-0.2, -0.15) is 14.5 Å². The van der Waals surface area contributed by atoms with Gasteiger partial charge in [-0.15, -0.1) is 0 Å². The normalized spacial score (nSPS) is 20.8. The number of Topliss-reactive ketones (excluding diaryl/α,β-unsaturated/α-hetero) is 1. The molecule has 0 saturated heterocycles. The van der Waals surface area contributed by atoms with E-state index in [9.17, 15) is 17.6 Å². The number of fused-ring (bicyclic) bond motifs is 2. The summed E-state index contributed by atoms with van der Waals surface area (Å²) in [6.45, 7) is 0. The van der Waals surface area contributed by atoms with Gasteiger partial charge in [-0.3, -0.25) is 14.5 Å². The SMILES string of the molecule is CN([C@H]1CCC2=Cc3c(cnn3-c3ccc(F)cc3)C[C@]2(C(=O)c2ccccn2)C1)S(=O)(=O)c1cnn(C)c1. The van der Waals surface area contributed by atoms with E-state index in [0.29, 0.717) is 37.1 Å². The van der Waals surface area contributed by atoms with E-state index in [-0.39, 0.29) is 16.5 Å². The van der Waals surface area contributed by atoms with E-state index < -0.39 is 21.5 Å². The Balaban J connectivity index is 1.42. The minimum absolute atomic E-state index is 0.116. The highest BCUT2D eigenvalue weighted by Crippen LogP contribution is 2.51. The Morgan fingerprint density at radius 3 is 2.62 bits per heavy atom. The van der Waals surface area contributed by atoms with Crippen LogP contribution in [0.15, 0.2) is 77.7 Å². The van der Waals surface area contributed by atoms with Gasteiger partial charge in [0.15, 0.2) is 5.78 Å². The van der Waals surface area contributed by atoms with Gasteiger partial charge in [0.1, 0.15) is 16.4 Å². The lowest BCUT2D eigenvalue weighted by Crippen LogP contribution is -2.49. The summed E-state index contributed by atoms with van der Waals surface area (Å²) in [6.07, 6.45) is 9.90. The lowest BCUT2D eigenvalue weighted by Gasteiger charge is -2.45. The summed E-state index contributed by atoms with van der Waals surface area (Å²) < 4.78 is 45.0. The van der Waals surface area contributed by atoms with Crippen LogP contribution in [0.5, 0.6) is 0 Å². The summed E-state index contributed by atoms with van der Waals surface area (Å²) in [7, 11) is -0.572. The maximum Gasteiger partial charge on any atom is 0.246 e. The van der Waals surface area contributed by atoms with E-state index in [1.165, 1.54) is 33.5 Å². The van der Waals surface area contributed by atoms with Gasteiger partial charge < -0.3 is 0 Å². The quantitative estimate of drug-likeness (QED) is 0.341. The van der Waals surface area contributed by atoms with Gasteiger partial charge in [-0.05, 0) is 73.7 Å². The number of benzene rings is 1. The topological polar surface area (TPSA) is 103 Å². The third-order valence-electron chi connectivity index (χ3n) is 7.91. The van der Waals surface area contributed by atoms with Crippen molar-refractivity contribution < 1.29 is 17.6 Å². The molecule has 0 bridgehead atoms. The standard InChI is InChI=1S/C28H27FN6O3S/c1-33-18-24(17-31-33)39(37,38)34(2)23-9-6-20-13-26-19(16-32-35(26)22-10-7-21(29)8-11-22)14-28(20,15-23)27(36)25-5-3-4-12-30-25/h3-5,7-8,10-13,16-18,23H,6,9,14-15H2,1-2H3/t23-,28-/m0/s1. The summed E-state index contributed by atoms with van der Waals surface area (Å²) in [4.78, 5) is 18.7. The van der Waals surface area contributed by atoms with Crippen molar-refractivity contribution in [3.63, 3.8) is 0 Å². The van der Waals surface area contributed by atoms with Crippen molar-refractivity contribution in [3.05, 3.63) is 95.6 Å². The van der Waals surface area contributed by atoms with Crippen LogP contribution in [-0.2, 0) is 23.5 Å². The molecule has 1 saturated carbocycles. The van der Waals surface area contributed by atoms with Crippen LogP contribution in [0, 0.1) is 11.2 Å². The molecule has 2 aliphatic rings. The first kappa shape index (κ1) is 25.3. The molecule has 0 spiro atoms. The second-order valence-electron chi connectivity index (χ2n) is 10.2. The average Bonchev–Trinajstić information content (AvgIpc) is 3.57. The van der Waals surface area contributed by atoms with Gasteiger partial charge in [0.25, 0.3) is 0 Å². The molecule has 3 heterocycles. The van der Waals surface area contributed by atoms with Gasteiger partial charge in [0, 0.05) is 32.5 Å². The number of rotatable bonds is 6. The monoisotopic (exact) mass is 546 g/mol. The molecule has 200 valence electrons. The molecule has 39 heavy (non-hydrogen) atoms. The second-order valence-corrected chi connectivity index (χ2v) is 12.2. The van der Waals surface area contributed by atoms with Crippen LogP contribution in [-0.4, -0.2) is 56.1 Å². The summed E-state index contributed by atoms with van der Waals surface area (Å²) >= 11 is 0. The molecule has 0 unspecified atom stereocenters. The van der Waals surface area contributed by atoms with Gasteiger partial charge in [-0.25, -0.2) is 17.5 Å². The highest BCUT2D eigenvalue weighted by molar-refractivity contribution is 7.89. The minimum Gasteiger partial charge on any atom is -0.291 e. The molecule has 3 aromatic heterocycles. The second kappa shape index (κ2) is 9.35. The van der Waals surface area contributed by atoms with Crippen LogP contribution in [0.2, 0.25) is 0 Å². The predicted molar refractivity (Wildman–Crippen MR) is 142 cm³/mol. The Morgan fingerprint density at radius 2 is 1.92 bits per heavy atom. The molecule has 1 aromatic carbocycles. The lowest BCUT2D eigenvalue weighted by atomic mass is 9.60.